The summed E-state index contributed by atoms with van der Waals surface area (Å²) in [5.74, 6) is -0.781. The van der Waals surface area contributed by atoms with Gasteiger partial charge >= 0.3 is 12.1 Å². The Balaban J connectivity index is 2.28. The van der Waals surface area contributed by atoms with Crippen LogP contribution in [0.4, 0.5) is 4.79 Å². The van der Waals surface area contributed by atoms with Crippen LogP contribution in [0.2, 0.25) is 0 Å². The first kappa shape index (κ1) is 32.3. The standard InChI is InChI=1S/C29H52N2O7/c1-20(2)17-22(27(34)30-15-14-25(32)33)19-24(37-26-13-9-10-16-36-26)23(18-21-11-7-6-8-12-21)31-28(35)38-29(3,4)5/h20-24,26H,6-19H2,1-5H3,(H,30,34)(H,31,35)(H,32,33)/t22-,23+,24+,26?/m1/s1. The minimum Gasteiger partial charge on any atom is -0.481 e. The van der Waals surface area contributed by atoms with Gasteiger partial charge in [0.25, 0.3) is 0 Å². The third-order valence-corrected chi connectivity index (χ3v) is 7.21. The zero-order valence-electron chi connectivity index (χ0n) is 24.3. The summed E-state index contributed by atoms with van der Waals surface area (Å²) in [7, 11) is 0. The van der Waals surface area contributed by atoms with Crippen molar-refractivity contribution >= 4 is 18.0 Å². The smallest absolute Gasteiger partial charge is 0.407 e. The van der Waals surface area contributed by atoms with Crippen molar-refractivity contribution in [1.29, 1.82) is 0 Å². The zero-order valence-corrected chi connectivity index (χ0v) is 24.3. The van der Waals surface area contributed by atoms with E-state index in [2.05, 4.69) is 24.5 Å². The lowest BCUT2D eigenvalue weighted by molar-refractivity contribution is -0.198. The van der Waals surface area contributed by atoms with Crippen LogP contribution in [-0.2, 0) is 23.8 Å². The summed E-state index contributed by atoms with van der Waals surface area (Å²) in [5.41, 5.74) is -0.632. The highest BCUT2D eigenvalue weighted by Crippen LogP contribution is 2.32. The quantitative estimate of drug-likeness (QED) is 0.269. The van der Waals surface area contributed by atoms with Gasteiger partial charge in [-0.05, 0) is 71.1 Å². The number of carboxylic acid groups (broad SMARTS) is 1. The van der Waals surface area contributed by atoms with Gasteiger partial charge in [-0.2, -0.15) is 0 Å². The van der Waals surface area contributed by atoms with Crippen LogP contribution in [0.15, 0.2) is 0 Å². The van der Waals surface area contributed by atoms with Crippen LogP contribution in [-0.4, -0.2) is 60.3 Å². The summed E-state index contributed by atoms with van der Waals surface area (Å²) in [6, 6.07) is -0.333. The van der Waals surface area contributed by atoms with Gasteiger partial charge in [-0.1, -0.05) is 46.0 Å². The van der Waals surface area contributed by atoms with E-state index in [1.807, 2.05) is 20.8 Å². The molecule has 0 aromatic rings. The number of aliphatic carboxylic acids is 1. The fourth-order valence-electron chi connectivity index (χ4n) is 5.47. The lowest BCUT2D eigenvalue weighted by Crippen LogP contribution is -2.50. The van der Waals surface area contributed by atoms with E-state index < -0.39 is 23.8 Å². The molecule has 1 heterocycles. The minimum absolute atomic E-state index is 0.0850. The lowest BCUT2D eigenvalue weighted by atomic mass is 9.81. The summed E-state index contributed by atoms with van der Waals surface area (Å²) in [5, 5.41) is 14.9. The van der Waals surface area contributed by atoms with Crippen LogP contribution in [0.5, 0.6) is 0 Å². The van der Waals surface area contributed by atoms with E-state index in [-0.39, 0.29) is 43.0 Å². The first-order valence-corrected chi connectivity index (χ1v) is 14.7. The molecule has 1 aliphatic heterocycles. The molecule has 0 aromatic heterocycles. The van der Waals surface area contributed by atoms with Crippen molar-refractivity contribution in [2.24, 2.45) is 17.8 Å². The Hall–Kier alpha value is -1.87. The van der Waals surface area contributed by atoms with Gasteiger partial charge in [0.05, 0.1) is 18.6 Å². The van der Waals surface area contributed by atoms with Gasteiger partial charge < -0.3 is 30.0 Å². The van der Waals surface area contributed by atoms with Gasteiger partial charge in [-0.25, -0.2) is 4.79 Å². The van der Waals surface area contributed by atoms with Gasteiger partial charge in [-0.15, -0.1) is 0 Å². The molecule has 4 atom stereocenters. The summed E-state index contributed by atoms with van der Waals surface area (Å²) in [6.07, 6.45) is 8.98. The molecule has 1 aliphatic carbocycles. The van der Waals surface area contributed by atoms with Crippen molar-refractivity contribution in [1.82, 2.24) is 10.6 Å². The van der Waals surface area contributed by atoms with E-state index in [1.54, 1.807) is 0 Å². The van der Waals surface area contributed by atoms with Crippen LogP contribution < -0.4 is 10.6 Å². The highest BCUT2D eigenvalue weighted by atomic mass is 16.7. The van der Waals surface area contributed by atoms with Gasteiger partial charge in [-0.3, -0.25) is 9.59 Å². The van der Waals surface area contributed by atoms with Gasteiger partial charge in [0, 0.05) is 19.1 Å². The second kappa shape index (κ2) is 16.3. The Bertz CT molecular complexity index is 725. The fourth-order valence-corrected chi connectivity index (χ4v) is 5.47. The molecule has 2 amide bonds. The molecule has 1 saturated heterocycles. The molecule has 2 fully saturated rings. The Morgan fingerprint density at radius 2 is 1.68 bits per heavy atom. The number of alkyl carbamates (subject to hydrolysis) is 1. The molecule has 2 aliphatic rings. The summed E-state index contributed by atoms with van der Waals surface area (Å²) in [4.78, 5) is 37.1. The molecule has 0 bridgehead atoms. The fraction of sp³-hybridized carbons (Fsp3) is 0.897. The number of nitrogens with one attached hydrogen (secondary N) is 2. The number of amides is 2. The van der Waals surface area contributed by atoms with E-state index in [4.69, 9.17) is 19.3 Å². The molecule has 220 valence electrons. The third-order valence-electron chi connectivity index (χ3n) is 7.21. The van der Waals surface area contributed by atoms with Crippen LogP contribution in [0.25, 0.3) is 0 Å². The van der Waals surface area contributed by atoms with Crippen molar-refractivity contribution in [2.45, 2.75) is 136 Å². The second-order valence-electron chi connectivity index (χ2n) is 12.5. The number of ether oxygens (including phenoxy) is 3. The molecule has 2 rings (SSSR count). The Labute approximate surface area is 229 Å². The number of carbonyl (C=O) groups excluding carboxylic acids is 2. The summed E-state index contributed by atoms with van der Waals surface area (Å²) < 4.78 is 18.1. The summed E-state index contributed by atoms with van der Waals surface area (Å²) >= 11 is 0. The van der Waals surface area contributed by atoms with Crippen molar-refractivity contribution in [2.75, 3.05) is 13.2 Å². The van der Waals surface area contributed by atoms with Crippen LogP contribution >= 0.6 is 0 Å². The number of carbonyl (C=O) groups is 3. The maximum absolute atomic E-state index is 13.2. The average molecular weight is 541 g/mol. The maximum atomic E-state index is 13.2. The second-order valence-corrected chi connectivity index (χ2v) is 12.5. The molecule has 9 heteroatoms. The Kier molecular flexibility index (Phi) is 13.9. The number of hydrogen-bond donors (Lipinski definition) is 3. The average Bonchev–Trinajstić information content (AvgIpc) is 2.82. The van der Waals surface area contributed by atoms with Gasteiger partial charge in [0.15, 0.2) is 6.29 Å². The third kappa shape index (κ3) is 13.3. The molecular formula is C29H52N2O7. The van der Waals surface area contributed by atoms with E-state index >= 15 is 0 Å². The first-order valence-electron chi connectivity index (χ1n) is 14.7. The SMILES string of the molecule is CC(C)C[C@H](C[C@H](OC1CCCCO1)[C@H](CC1CCCCC1)NC(=O)OC(C)(C)C)C(=O)NCCC(=O)O. The Morgan fingerprint density at radius 3 is 2.26 bits per heavy atom. The van der Waals surface area contributed by atoms with Gasteiger partial charge in [0.2, 0.25) is 5.91 Å². The Morgan fingerprint density at radius 1 is 1.00 bits per heavy atom. The normalized spacial score (nSPS) is 21.4. The van der Waals surface area contributed by atoms with Crippen molar-refractivity contribution in [3.63, 3.8) is 0 Å². The molecule has 0 radical (unpaired) electrons. The monoisotopic (exact) mass is 540 g/mol. The molecule has 0 spiro atoms. The predicted octanol–water partition coefficient (Wildman–Crippen LogP) is 5.41. The van der Waals surface area contributed by atoms with Crippen LogP contribution in [0.3, 0.4) is 0 Å². The molecule has 1 unspecified atom stereocenters. The number of carboxylic acids is 1. The van der Waals surface area contributed by atoms with E-state index in [0.29, 0.717) is 25.4 Å². The lowest BCUT2D eigenvalue weighted by Gasteiger charge is -2.37. The van der Waals surface area contributed by atoms with E-state index in [0.717, 1.165) is 38.5 Å². The zero-order chi connectivity index (χ0) is 28.1. The van der Waals surface area contributed by atoms with Crippen molar-refractivity contribution in [3.05, 3.63) is 0 Å². The largest absolute Gasteiger partial charge is 0.481 e. The maximum Gasteiger partial charge on any atom is 0.407 e. The van der Waals surface area contributed by atoms with E-state index in [9.17, 15) is 14.4 Å². The number of hydrogen-bond acceptors (Lipinski definition) is 6. The molecule has 3 N–H and O–H groups in total. The molecule has 0 aromatic carbocycles. The number of rotatable bonds is 14. The molecule has 9 nitrogen and oxygen atoms in total. The molecule has 1 saturated carbocycles. The van der Waals surface area contributed by atoms with E-state index in [1.165, 1.54) is 19.3 Å². The topological polar surface area (TPSA) is 123 Å². The highest BCUT2D eigenvalue weighted by Gasteiger charge is 2.35. The van der Waals surface area contributed by atoms with Crippen molar-refractivity contribution in [3.8, 4) is 0 Å². The molecule has 38 heavy (non-hydrogen) atoms. The highest BCUT2D eigenvalue weighted by molar-refractivity contribution is 5.79. The van der Waals surface area contributed by atoms with Crippen molar-refractivity contribution < 1.29 is 33.7 Å². The molecular weight excluding hydrogens is 488 g/mol. The van der Waals surface area contributed by atoms with Gasteiger partial charge in [0.1, 0.15) is 5.60 Å². The van der Waals surface area contributed by atoms with Crippen LogP contribution in [0.1, 0.15) is 112 Å². The first-order chi connectivity index (χ1) is 17.9. The summed E-state index contributed by atoms with van der Waals surface area (Å²) in [6.45, 7) is 10.4. The predicted molar refractivity (Wildman–Crippen MR) is 146 cm³/mol. The van der Waals surface area contributed by atoms with Crippen LogP contribution in [0, 0.1) is 17.8 Å². The minimum atomic E-state index is -0.949.